The summed E-state index contributed by atoms with van der Waals surface area (Å²) in [5, 5.41) is 103. The number of piperidine rings is 3. The van der Waals surface area contributed by atoms with Gasteiger partial charge in [-0.1, -0.05) is 39.9 Å². The zero-order chi connectivity index (χ0) is 66.3. The normalized spacial score (nSPS) is 18.4. The van der Waals surface area contributed by atoms with Crippen LogP contribution in [0.25, 0.3) is 101 Å². The Morgan fingerprint density at radius 2 is 0.862 bits per heavy atom. The summed E-state index contributed by atoms with van der Waals surface area (Å²) in [4.78, 5) is 18.5. The first-order chi connectivity index (χ1) is 44.5. The molecule has 0 amide bonds. The van der Waals surface area contributed by atoms with E-state index in [0.717, 1.165) is 55.0 Å². The molecule has 26 nitrogen and oxygen atoms in total. The summed E-state index contributed by atoms with van der Waals surface area (Å²) in [5.41, 5.74) is 10.6. The summed E-state index contributed by atoms with van der Waals surface area (Å²) in [5.74, 6) is 0.279. The van der Waals surface area contributed by atoms with Gasteiger partial charge in [0.25, 0.3) is 5.56 Å². The lowest BCUT2D eigenvalue weighted by Gasteiger charge is -2.46. The maximum absolute atomic E-state index is 11.2. The molecule has 9 aromatic heterocycles. The highest BCUT2D eigenvalue weighted by Crippen LogP contribution is 2.42. The van der Waals surface area contributed by atoms with Crippen LogP contribution in [0, 0.1) is 0 Å². The molecule has 484 valence electrons. The summed E-state index contributed by atoms with van der Waals surface area (Å²) < 4.78 is 5.69. The summed E-state index contributed by atoms with van der Waals surface area (Å²) in [6.45, 7) is 26.5. The highest BCUT2D eigenvalue weighted by Gasteiger charge is 2.42. The van der Waals surface area contributed by atoms with Crippen molar-refractivity contribution in [2.24, 2.45) is 0 Å². The molecule has 0 unspecified atom stereocenters. The van der Waals surface area contributed by atoms with E-state index >= 15 is 0 Å². The SMILES string of the molecule is CC1(C)CC(n2nnc3cc(-c4ccc(-c5cc[nH]c5)cc4O)nnc32)CC(C)(C)N1.CC1(C)CC(n2nnc3cc(-c4ccc(-c5ccc(=O)[nH]n5)cc4O)nnc32)CC(C)(C)N1.CC1(C)CC(n2nnc3cc(-c4ccc5cccnc5c4O)nnc32)CC(C)(C)N1. The van der Waals surface area contributed by atoms with Gasteiger partial charge in [0.1, 0.15) is 33.6 Å². The molecule has 8 N–H and O–H groups in total. The molecule has 3 aliphatic heterocycles. The van der Waals surface area contributed by atoms with Crippen molar-refractivity contribution in [2.75, 3.05) is 0 Å². The van der Waals surface area contributed by atoms with E-state index in [1.165, 1.54) is 6.07 Å². The number of pyridine rings is 1. The van der Waals surface area contributed by atoms with Crippen molar-refractivity contribution in [1.29, 1.82) is 0 Å². The fourth-order valence-corrected chi connectivity index (χ4v) is 14.9. The third-order valence-electron chi connectivity index (χ3n) is 17.7. The highest BCUT2D eigenvalue weighted by atomic mass is 16.3. The highest BCUT2D eigenvalue weighted by molar-refractivity contribution is 5.92. The minimum absolute atomic E-state index is 0.00887. The zero-order valence-electron chi connectivity index (χ0n) is 54.8. The topological polar surface area (TPSA) is 341 Å². The Kier molecular flexibility index (Phi) is 15.7. The van der Waals surface area contributed by atoms with Gasteiger partial charge in [-0.05, 0) is 199 Å². The van der Waals surface area contributed by atoms with Gasteiger partial charge in [-0.2, -0.15) is 5.10 Å². The molecule has 12 aromatic rings. The Hall–Kier alpha value is -10.1. The lowest BCUT2D eigenvalue weighted by atomic mass is 9.79. The predicted molar refractivity (Wildman–Crippen MR) is 358 cm³/mol. The van der Waals surface area contributed by atoms with Gasteiger partial charge in [0.05, 0.1) is 40.9 Å². The van der Waals surface area contributed by atoms with E-state index in [9.17, 15) is 20.1 Å². The number of benzene rings is 3. The number of rotatable bonds is 8. The van der Waals surface area contributed by atoms with E-state index in [4.69, 9.17) is 0 Å². The fourth-order valence-electron chi connectivity index (χ4n) is 14.9. The molecule has 15 rings (SSSR count). The number of hydrogen-bond acceptors (Lipinski definition) is 21. The molecular weight excluding hydrogens is 1190 g/mol. The summed E-state index contributed by atoms with van der Waals surface area (Å²) in [6.07, 6.45) is 10.9. The maximum atomic E-state index is 11.2. The van der Waals surface area contributed by atoms with Crippen LogP contribution in [0.5, 0.6) is 17.2 Å². The number of H-pyrrole nitrogens is 2. The van der Waals surface area contributed by atoms with Crippen LogP contribution in [0.1, 0.15) is 140 Å². The Morgan fingerprint density at radius 1 is 0.436 bits per heavy atom. The molecule has 26 heteroatoms. The monoisotopic (exact) mass is 1270 g/mol. The van der Waals surface area contributed by atoms with E-state index in [0.29, 0.717) is 84.0 Å². The first kappa shape index (κ1) is 62.7. The predicted octanol–water partition coefficient (Wildman–Crippen LogP) is 10.5. The maximum Gasteiger partial charge on any atom is 0.264 e. The third-order valence-corrected chi connectivity index (χ3v) is 17.7. The van der Waals surface area contributed by atoms with Gasteiger partial charge in [-0.15, -0.1) is 45.9 Å². The molecule has 3 saturated heterocycles. The molecule has 3 aromatic carbocycles. The van der Waals surface area contributed by atoms with Crippen molar-refractivity contribution in [1.82, 2.24) is 112 Å². The largest absolute Gasteiger partial charge is 0.507 e. The average molecular weight is 1270 g/mol. The Labute approximate surface area is 541 Å². The van der Waals surface area contributed by atoms with Gasteiger partial charge < -0.3 is 36.3 Å². The number of aromatic nitrogens is 19. The molecule has 0 saturated carbocycles. The van der Waals surface area contributed by atoms with Crippen LogP contribution in [0.2, 0.25) is 0 Å². The summed E-state index contributed by atoms with van der Waals surface area (Å²) in [6, 6.07) is 29.1. The smallest absolute Gasteiger partial charge is 0.264 e. The fraction of sp³-hybridized carbons (Fsp3) is 0.397. The first-order valence-electron chi connectivity index (χ1n) is 31.6. The van der Waals surface area contributed by atoms with E-state index in [1.807, 2.05) is 81.0 Å². The summed E-state index contributed by atoms with van der Waals surface area (Å²) in [7, 11) is 0. The Bertz CT molecular complexity index is 4800. The lowest BCUT2D eigenvalue weighted by Crippen LogP contribution is -2.58. The number of fused-ring (bicyclic) bond motifs is 4. The molecule has 0 bridgehead atoms. The number of hydrogen-bond donors (Lipinski definition) is 8. The van der Waals surface area contributed by atoms with Crippen LogP contribution >= 0.6 is 0 Å². The Morgan fingerprint density at radius 3 is 1.28 bits per heavy atom. The molecule has 12 heterocycles. The second-order valence-electron chi connectivity index (χ2n) is 29.2. The number of nitrogens with zero attached hydrogens (tertiary/aromatic N) is 17. The second kappa shape index (κ2) is 23.5. The molecule has 0 aliphatic carbocycles. The van der Waals surface area contributed by atoms with Crippen molar-refractivity contribution in [3.63, 3.8) is 0 Å². The van der Waals surface area contributed by atoms with E-state index in [-0.39, 0.29) is 74.2 Å². The van der Waals surface area contributed by atoms with Crippen LogP contribution in [-0.4, -0.2) is 144 Å². The van der Waals surface area contributed by atoms with Crippen molar-refractivity contribution >= 4 is 44.4 Å². The third kappa shape index (κ3) is 13.0. The first-order valence-corrected chi connectivity index (χ1v) is 31.6. The second-order valence-corrected chi connectivity index (χ2v) is 29.2. The van der Waals surface area contributed by atoms with Crippen LogP contribution in [0.3, 0.4) is 0 Å². The van der Waals surface area contributed by atoms with Crippen LogP contribution in [0.4, 0.5) is 0 Å². The number of aromatic amines is 2. The van der Waals surface area contributed by atoms with Gasteiger partial charge >= 0.3 is 0 Å². The average Bonchev–Trinajstić information content (AvgIpc) is 1.58. The van der Waals surface area contributed by atoms with Crippen molar-refractivity contribution < 1.29 is 15.3 Å². The van der Waals surface area contributed by atoms with Crippen molar-refractivity contribution in [2.45, 2.75) is 173 Å². The standard InChI is InChI=1S/C23H26N8O2.C23H27N7O.C22H25N7O/c1-22(2)11-14(12-23(3,4)29-22)31-21-18(26-30-31)10-17(25-28-21)15-6-5-13(9-19(15)32)16-7-8-20(33)27-24-16;1-22(2)11-16(12-23(3,4)28-22)30-21-19(26-29-30)10-18(25-27-21)17-6-5-14(9-20(17)31)15-7-8-24-13-15;1-21(2)11-14(12-22(3,4)27-21)29-20-17(25-28-29)10-16(24-26-20)15-8-7-13-6-5-9-23-18(13)19(15)30/h5-10,14,29,32H,11-12H2,1-4H3,(H,27,33);5-10,13,16,24,28,31H,11-12H2,1-4H3;5-10,14,27,30H,11-12H2,1-4H3. The van der Waals surface area contributed by atoms with Crippen LogP contribution in [-0.2, 0) is 0 Å². The van der Waals surface area contributed by atoms with Crippen LogP contribution < -0.4 is 21.5 Å². The van der Waals surface area contributed by atoms with Crippen molar-refractivity contribution in [3.8, 4) is 73.4 Å². The van der Waals surface area contributed by atoms with E-state index in [1.54, 1.807) is 42.6 Å². The van der Waals surface area contributed by atoms with Gasteiger partial charge in [-0.3, -0.25) is 9.78 Å². The van der Waals surface area contributed by atoms with E-state index in [2.05, 4.69) is 181 Å². The van der Waals surface area contributed by atoms with Crippen LogP contribution in [0.15, 0.2) is 120 Å². The molecule has 3 aliphatic rings. The van der Waals surface area contributed by atoms with Gasteiger partial charge in [0.15, 0.2) is 5.75 Å². The summed E-state index contributed by atoms with van der Waals surface area (Å²) >= 11 is 0. The molecule has 3 fully saturated rings. The molecular formula is C68H78N22O4. The molecule has 0 atom stereocenters. The Balaban J connectivity index is 0.000000128. The van der Waals surface area contributed by atoms with Crippen molar-refractivity contribution in [3.05, 3.63) is 126 Å². The number of phenols is 3. The minimum atomic E-state index is -0.284. The number of aromatic hydroxyl groups is 3. The van der Waals surface area contributed by atoms with Gasteiger partial charge in [0.2, 0.25) is 16.9 Å². The van der Waals surface area contributed by atoms with Gasteiger partial charge in [0, 0.05) is 85.5 Å². The van der Waals surface area contributed by atoms with E-state index < -0.39 is 0 Å². The number of phenolic OH excluding ortho intramolecular Hbond substituents is 3. The number of nitrogens with one attached hydrogen (secondary N) is 5. The lowest BCUT2D eigenvalue weighted by molar-refractivity contribution is 0.126. The van der Waals surface area contributed by atoms with Gasteiger partial charge in [-0.25, -0.2) is 19.1 Å². The zero-order valence-corrected chi connectivity index (χ0v) is 54.8. The quantitative estimate of drug-likeness (QED) is 0.0701. The minimum Gasteiger partial charge on any atom is -0.507 e. The molecule has 0 radical (unpaired) electrons. The molecule has 0 spiro atoms. The molecule has 94 heavy (non-hydrogen) atoms.